The Morgan fingerprint density at radius 2 is 1.87 bits per heavy atom. The molecule has 1 heterocycles. The van der Waals surface area contributed by atoms with Gasteiger partial charge in [-0.3, -0.25) is 4.31 Å². The monoisotopic (exact) mass is 635 g/mol. The highest BCUT2D eigenvalue weighted by molar-refractivity contribution is 9.14. The van der Waals surface area contributed by atoms with Crippen LogP contribution in [0.3, 0.4) is 0 Å². The van der Waals surface area contributed by atoms with Crippen molar-refractivity contribution >= 4 is 88.9 Å². The summed E-state index contributed by atoms with van der Waals surface area (Å²) in [5.41, 5.74) is 6.10. The van der Waals surface area contributed by atoms with Gasteiger partial charge < -0.3 is 15.8 Å². The summed E-state index contributed by atoms with van der Waals surface area (Å²) in [6.07, 6.45) is 0. The summed E-state index contributed by atoms with van der Waals surface area (Å²) in [5.74, 6) is 0.770. The van der Waals surface area contributed by atoms with Crippen LogP contribution >= 0.6 is 71.3 Å². The lowest BCUT2D eigenvalue weighted by atomic mass is 10.3. The van der Waals surface area contributed by atoms with E-state index in [-0.39, 0.29) is 22.8 Å². The number of hydrogen-bond acceptors (Lipinski definition) is 6. The van der Waals surface area contributed by atoms with Crippen LogP contribution in [0.25, 0.3) is 0 Å². The third-order valence-corrected chi connectivity index (χ3v) is 7.90. The van der Waals surface area contributed by atoms with Crippen molar-refractivity contribution in [1.29, 1.82) is 0 Å². The molecule has 2 amide bonds. The molecular formula is C18H13Br3ClN5O2S. The van der Waals surface area contributed by atoms with Crippen molar-refractivity contribution in [3.05, 3.63) is 60.9 Å². The van der Waals surface area contributed by atoms with Crippen molar-refractivity contribution in [2.45, 2.75) is 4.90 Å². The Kier molecular flexibility index (Phi) is 7.86. The van der Waals surface area contributed by atoms with Gasteiger partial charge in [0.25, 0.3) is 0 Å². The number of halogens is 4. The van der Waals surface area contributed by atoms with Gasteiger partial charge in [-0.15, -0.1) is 10.2 Å². The van der Waals surface area contributed by atoms with Gasteiger partial charge in [0.1, 0.15) is 5.75 Å². The van der Waals surface area contributed by atoms with Gasteiger partial charge in [-0.2, -0.15) is 0 Å². The van der Waals surface area contributed by atoms with Crippen molar-refractivity contribution in [2.75, 3.05) is 18.1 Å². The number of rotatable bonds is 5. The standard InChI is InChI=1S/C18H13Br3ClN5O2S/c1-27(30-11-6-12(19)16(21)13(20)7-11)18(28)24-9-3-2-4-10(5-9)29-15-8-14(22)17(23)26-25-15/h2-8H,1H3,(H2,23,26)(H,24,28). The Hall–Kier alpha value is -1.53. The summed E-state index contributed by atoms with van der Waals surface area (Å²) in [6.45, 7) is 0. The van der Waals surface area contributed by atoms with E-state index >= 15 is 0 Å². The highest BCUT2D eigenvalue weighted by atomic mass is 79.9. The average molecular weight is 639 g/mol. The second-order valence-electron chi connectivity index (χ2n) is 5.77. The second-order valence-corrected chi connectivity index (χ2v) is 9.88. The lowest BCUT2D eigenvalue weighted by Crippen LogP contribution is -2.25. The van der Waals surface area contributed by atoms with Crippen molar-refractivity contribution < 1.29 is 9.53 Å². The number of nitrogens with zero attached hydrogens (tertiary/aromatic N) is 3. The number of benzene rings is 2. The molecule has 3 rings (SSSR count). The van der Waals surface area contributed by atoms with Crippen molar-refractivity contribution in [3.63, 3.8) is 0 Å². The minimum Gasteiger partial charge on any atom is -0.437 e. The first kappa shape index (κ1) is 23.1. The molecule has 0 fully saturated rings. The molecule has 7 nitrogen and oxygen atoms in total. The van der Waals surface area contributed by atoms with Crippen molar-refractivity contribution in [1.82, 2.24) is 14.5 Å². The number of nitrogens with two attached hydrogens (primary N) is 1. The molecule has 3 N–H and O–H groups in total. The van der Waals surface area contributed by atoms with Crippen molar-refractivity contribution in [3.8, 4) is 11.6 Å². The molecule has 3 aromatic rings. The van der Waals surface area contributed by atoms with Gasteiger partial charge >= 0.3 is 6.03 Å². The fraction of sp³-hybridized carbons (Fsp3) is 0.0556. The Labute approximate surface area is 207 Å². The summed E-state index contributed by atoms with van der Waals surface area (Å²) in [4.78, 5) is 13.5. The van der Waals surface area contributed by atoms with Gasteiger partial charge in [-0.05, 0) is 84.0 Å². The number of carbonyl (C=O) groups is 1. The van der Waals surface area contributed by atoms with Crippen LogP contribution in [0.5, 0.6) is 11.6 Å². The number of nitrogen functional groups attached to an aromatic ring is 1. The molecule has 0 aliphatic carbocycles. The number of anilines is 2. The number of hydrogen-bond donors (Lipinski definition) is 2. The third-order valence-electron chi connectivity index (χ3n) is 3.54. The molecule has 30 heavy (non-hydrogen) atoms. The fourth-order valence-electron chi connectivity index (χ4n) is 2.16. The molecule has 0 saturated heterocycles. The quantitative estimate of drug-likeness (QED) is 0.232. The summed E-state index contributed by atoms with van der Waals surface area (Å²) >= 11 is 17.6. The van der Waals surface area contributed by atoms with E-state index in [1.54, 1.807) is 31.3 Å². The zero-order valence-corrected chi connectivity index (χ0v) is 21.5. The Bertz CT molecular complexity index is 1080. The largest absolute Gasteiger partial charge is 0.437 e. The van der Waals surface area contributed by atoms with Crippen molar-refractivity contribution in [2.24, 2.45) is 0 Å². The Morgan fingerprint density at radius 1 is 1.17 bits per heavy atom. The molecule has 12 heteroatoms. The summed E-state index contributed by atoms with van der Waals surface area (Å²) in [6, 6.07) is 11.9. The maximum Gasteiger partial charge on any atom is 0.331 e. The zero-order valence-electron chi connectivity index (χ0n) is 15.2. The molecule has 156 valence electrons. The maximum atomic E-state index is 12.6. The molecule has 0 saturated carbocycles. The summed E-state index contributed by atoms with van der Waals surface area (Å²) < 4.78 is 9.78. The molecule has 0 aliphatic heterocycles. The van der Waals surface area contributed by atoms with Gasteiger partial charge in [-0.25, -0.2) is 4.79 Å². The molecule has 0 aliphatic rings. The van der Waals surface area contributed by atoms with Crippen LogP contribution in [0.2, 0.25) is 5.02 Å². The average Bonchev–Trinajstić information content (AvgIpc) is 2.69. The van der Waals surface area contributed by atoms with E-state index in [2.05, 4.69) is 63.3 Å². The zero-order chi connectivity index (χ0) is 21.8. The predicted molar refractivity (Wildman–Crippen MR) is 130 cm³/mol. The van der Waals surface area contributed by atoms with Crippen LogP contribution < -0.4 is 15.8 Å². The molecule has 0 atom stereocenters. The van der Waals surface area contributed by atoms with Gasteiger partial charge in [0, 0.05) is 43.2 Å². The van der Waals surface area contributed by atoms with E-state index in [9.17, 15) is 4.79 Å². The van der Waals surface area contributed by atoms with Crippen LogP contribution in [-0.4, -0.2) is 27.6 Å². The van der Waals surface area contributed by atoms with Crippen LogP contribution in [0, 0.1) is 0 Å². The number of nitrogens with one attached hydrogen (secondary N) is 1. The van der Waals surface area contributed by atoms with Crippen LogP contribution in [0.4, 0.5) is 16.3 Å². The van der Waals surface area contributed by atoms with Crippen LogP contribution in [0.1, 0.15) is 0 Å². The first-order valence-electron chi connectivity index (χ1n) is 8.17. The highest BCUT2D eigenvalue weighted by Gasteiger charge is 2.14. The van der Waals surface area contributed by atoms with E-state index in [1.165, 1.54) is 22.3 Å². The Morgan fingerprint density at radius 3 is 2.53 bits per heavy atom. The fourth-order valence-corrected chi connectivity index (χ4v) is 4.79. The van der Waals surface area contributed by atoms with Gasteiger partial charge in [0.15, 0.2) is 5.82 Å². The number of urea groups is 1. The van der Waals surface area contributed by atoms with E-state index in [4.69, 9.17) is 22.1 Å². The van der Waals surface area contributed by atoms with E-state index in [1.807, 2.05) is 12.1 Å². The van der Waals surface area contributed by atoms with E-state index in [0.29, 0.717) is 11.4 Å². The minimum atomic E-state index is -0.303. The number of carbonyl (C=O) groups excluding carboxylic acids is 1. The summed E-state index contributed by atoms with van der Waals surface area (Å²) in [7, 11) is 1.68. The maximum absolute atomic E-state index is 12.6. The van der Waals surface area contributed by atoms with Crippen LogP contribution in [0.15, 0.2) is 60.8 Å². The predicted octanol–water partition coefficient (Wildman–Crippen LogP) is 6.96. The SMILES string of the molecule is CN(Sc1cc(Br)c(Br)c(Br)c1)C(=O)Nc1cccc(Oc2cc(Cl)c(N)nn2)c1. The lowest BCUT2D eigenvalue weighted by molar-refractivity contribution is 0.243. The molecule has 1 aromatic heterocycles. The molecule has 0 spiro atoms. The van der Waals surface area contributed by atoms with Gasteiger partial charge in [-0.1, -0.05) is 17.7 Å². The Balaban J connectivity index is 1.66. The third kappa shape index (κ3) is 6.01. The van der Waals surface area contributed by atoms with E-state index < -0.39 is 0 Å². The number of amides is 2. The number of ether oxygens (including phenoxy) is 1. The summed E-state index contributed by atoms with van der Waals surface area (Å²) in [5, 5.41) is 10.6. The molecule has 0 bridgehead atoms. The molecule has 0 unspecified atom stereocenters. The normalized spacial score (nSPS) is 10.6. The van der Waals surface area contributed by atoms with Crippen LogP contribution in [-0.2, 0) is 0 Å². The first-order valence-corrected chi connectivity index (χ1v) is 11.7. The number of aromatic nitrogens is 2. The minimum absolute atomic E-state index is 0.121. The van der Waals surface area contributed by atoms with E-state index in [0.717, 1.165) is 18.3 Å². The molecular weight excluding hydrogens is 625 g/mol. The van der Waals surface area contributed by atoms with Gasteiger partial charge in [0.2, 0.25) is 5.88 Å². The lowest BCUT2D eigenvalue weighted by Gasteiger charge is -2.17. The first-order chi connectivity index (χ1) is 14.2. The second kappa shape index (κ2) is 10.2. The smallest absolute Gasteiger partial charge is 0.331 e. The van der Waals surface area contributed by atoms with Gasteiger partial charge in [0.05, 0.1) is 5.02 Å². The molecule has 0 radical (unpaired) electrons. The highest BCUT2D eigenvalue weighted by Crippen LogP contribution is 2.36. The molecule has 2 aromatic carbocycles. The topological polar surface area (TPSA) is 93.4 Å².